The molecule has 3 aromatic rings. The van der Waals surface area contributed by atoms with Crippen LogP contribution >= 0.6 is 11.3 Å². The SMILES string of the molecule is COC(=O)C1=C(C)N=c2sc(=Cc3ccccc3F)c(=O)n2[C@H]1C=Cc1ccccc1. The predicted octanol–water partition coefficient (Wildman–Crippen LogP) is 3.21. The molecule has 2 heterocycles. The number of aromatic nitrogens is 1. The molecule has 0 N–H and O–H groups in total. The quantitative estimate of drug-likeness (QED) is 0.593. The highest BCUT2D eigenvalue weighted by Crippen LogP contribution is 2.26. The molecule has 1 aliphatic heterocycles. The Hall–Kier alpha value is -3.58. The first kappa shape index (κ1) is 20.7. The van der Waals surface area contributed by atoms with Gasteiger partial charge in [-0.1, -0.05) is 72.0 Å². The molecule has 0 radical (unpaired) electrons. The lowest BCUT2D eigenvalue weighted by Gasteiger charge is -2.21. The van der Waals surface area contributed by atoms with Crippen molar-refractivity contribution in [3.05, 3.63) is 109 Å². The minimum Gasteiger partial charge on any atom is -0.466 e. The molecule has 0 saturated heterocycles. The molecule has 0 fully saturated rings. The monoisotopic (exact) mass is 434 g/mol. The zero-order valence-corrected chi connectivity index (χ0v) is 17.7. The van der Waals surface area contributed by atoms with E-state index in [-0.39, 0.29) is 5.56 Å². The Balaban J connectivity index is 1.90. The molecule has 0 unspecified atom stereocenters. The first-order chi connectivity index (χ1) is 15.0. The standard InChI is InChI=1S/C24H19FN2O3S/c1-15-21(23(29)30-2)19(13-12-16-8-4-3-5-9-16)27-22(28)20(31-24(27)26-15)14-17-10-6-7-11-18(17)25/h3-14,19H,1-2H3/t19-/m0/s1. The molecule has 1 aromatic heterocycles. The molecule has 5 nitrogen and oxygen atoms in total. The van der Waals surface area contributed by atoms with E-state index in [1.54, 1.807) is 31.2 Å². The summed E-state index contributed by atoms with van der Waals surface area (Å²) in [6.07, 6.45) is 5.14. The summed E-state index contributed by atoms with van der Waals surface area (Å²) < 4.78 is 20.9. The number of hydrogen-bond acceptors (Lipinski definition) is 5. The maximum Gasteiger partial charge on any atom is 0.338 e. The normalized spacial score (nSPS) is 16.4. The molecule has 2 aromatic carbocycles. The van der Waals surface area contributed by atoms with E-state index in [0.29, 0.717) is 26.2 Å². The number of fused-ring (bicyclic) bond motifs is 1. The number of halogens is 1. The summed E-state index contributed by atoms with van der Waals surface area (Å²) in [4.78, 5) is 30.7. The van der Waals surface area contributed by atoms with E-state index in [9.17, 15) is 14.0 Å². The van der Waals surface area contributed by atoms with Crippen LogP contribution in [0.25, 0.3) is 12.2 Å². The Morgan fingerprint density at radius 2 is 1.87 bits per heavy atom. The molecule has 31 heavy (non-hydrogen) atoms. The summed E-state index contributed by atoms with van der Waals surface area (Å²) in [5, 5.41) is 0. The van der Waals surface area contributed by atoms with Crippen LogP contribution in [0.3, 0.4) is 0 Å². The summed E-state index contributed by atoms with van der Waals surface area (Å²) >= 11 is 1.16. The highest BCUT2D eigenvalue weighted by molar-refractivity contribution is 7.07. The van der Waals surface area contributed by atoms with Gasteiger partial charge in [-0.2, -0.15) is 0 Å². The minimum atomic E-state index is -0.688. The van der Waals surface area contributed by atoms with Gasteiger partial charge in [0.15, 0.2) is 4.80 Å². The molecule has 4 rings (SSSR count). The number of benzene rings is 2. The van der Waals surface area contributed by atoms with Crippen LogP contribution < -0.4 is 14.9 Å². The Kier molecular flexibility index (Phi) is 5.77. The van der Waals surface area contributed by atoms with Crippen molar-refractivity contribution >= 4 is 29.5 Å². The first-order valence-electron chi connectivity index (χ1n) is 9.58. The number of rotatable bonds is 4. The molecule has 0 aliphatic carbocycles. The lowest BCUT2D eigenvalue weighted by Crippen LogP contribution is -2.38. The van der Waals surface area contributed by atoms with Gasteiger partial charge in [-0.25, -0.2) is 14.2 Å². The third-order valence-corrected chi connectivity index (χ3v) is 5.91. The van der Waals surface area contributed by atoms with Crippen LogP contribution in [-0.2, 0) is 9.53 Å². The van der Waals surface area contributed by atoms with Gasteiger partial charge in [0.2, 0.25) is 0 Å². The van der Waals surface area contributed by atoms with Gasteiger partial charge in [-0.15, -0.1) is 0 Å². The van der Waals surface area contributed by atoms with Crippen LogP contribution in [-0.4, -0.2) is 17.6 Å². The molecule has 0 saturated carbocycles. The van der Waals surface area contributed by atoms with E-state index in [4.69, 9.17) is 4.74 Å². The van der Waals surface area contributed by atoms with Gasteiger partial charge >= 0.3 is 5.97 Å². The number of hydrogen-bond donors (Lipinski definition) is 0. The van der Waals surface area contributed by atoms with Gasteiger partial charge < -0.3 is 4.74 Å². The topological polar surface area (TPSA) is 60.7 Å². The second kappa shape index (κ2) is 8.65. The average Bonchev–Trinajstić information content (AvgIpc) is 3.08. The number of thiazole rings is 1. The van der Waals surface area contributed by atoms with Gasteiger partial charge in [0.1, 0.15) is 5.82 Å². The van der Waals surface area contributed by atoms with Crippen molar-refractivity contribution in [3.63, 3.8) is 0 Å². The highest BCUT2D eigenvalue weighted by Gasteiger charge is 2.30. The predicted molar refractivity (Wildman–Crippen MR) is 119 cm³/mol. The Bertz CT molecular complexity index is 1380. The highest BCUT2D eigenvalue weighted by atomic mass is 32.1. The van der Waals surface area contributed by atoms with Crippen LogP contribution in [0.15, 0.2) is 81.7 Å². The summed E-state index contributed by atoms with van der Waals surface area (Å²) in [5.41, 5.74) is 1.67. The van der Waals surface area contributed by atoms with Crippen molar-refractivity contribution in [2.75, 3.05) is 7.11 Å². The zero-order valence-electron chi connectivity index (χ0n) is 16.9. The van der Waals surface area contributed by atoms with Gasteiger partial charge in [0, 0.05) is 5.56 Å². The van der Waals surface area contributed by atoms with Crippen molar-refractivity contribution < 1.29 is 13.9 Å². The number of allylic oxidation sites excluding steroid dienone is 2. The van der Waals surface area contributed by atoms with Crippen molar-refractivity contribution in [2.45, 2.75) is 13.0 Å². The average molecular weight is 434 g/mol. The number of nitrogens with zero attached hydrogens (tertiary/aromatic N) is 2. The Morgan fingerprint density at radius 1 is 1.16 bits per heavy atom. The first-order valence-corrected chi connectivity index (χ1v) is 10.4. The fraction of sp³-hybridized carbons (Fsp3) is 0.125. The van der Waals surface area contributed by atoms with E-state index in [0.717, 1.165) is 16.9 Å². The van der Waals surface area contributed by atoms with Crippen molar-refractivity contribution in [3.8, 4) is 0 Å². The van der Waals surface area contributed by atoms with E-state index >= 15 is 0 Å². The number of esters is 1. The molecule has 156 valence electrons. The number of methoxy groups -OCH3 is 1. The molecular weight excluding hydrogens is 415 g/mol. The number of carbonyl (C=O) groups is 1. The second-order valence-electron chi connectivity index (χ2n) is 6.91. The van der Waals surface area contributed by atoms with Crippen LogP contribution in [0.4, 0.5) is 4.39 Å². The maximum absolute atomic E-state index is 14.1. The van der Waals surface area contributed by atoms with Gasteiger partial charge in [0.25, 0.3) is 5.56 Å². The summed E-state index contributed by atoms with van der Waals surface area (Å²) in [5.74, 6) is -0.965. The van der Waals surface area contributed by atoms with Crippen molar-refractivity contribution in [2.24, 2.45) is 4.99 Å². The Labute approximate surface area is 181 Å². The number of ether oxygens (including phenoxy) is 1. The van der Waals surface area contributed by atoms with Crippen LogP contribution in [0, 0.1) is 5.82 Å². The van der Waals surface area contributed by atoms with Crippen LogP contribution in [0.5, 0.6) is 0 Å². The Morgan fingerprint density at radius 3 is 2.58 bits per heavy atom. The fourth-order valence-electron chi connectivity index (χ4n) is 3.42. The van der Waals surface area contributed by atoms with Crippen LogP contribution in [0.1, 0.15) is 24.1 Å². The third kappa shape index (κ3) is 4.04. The summed E-state index contributed by atoms with van der Waals surface area (Å²) in [7, 11) is 1.30. The van der Waals surface area contributed by atoms with Crippen molar-refractivity contribution in [1.82, 2.24) is 4.57 Å². The lowest BCUT2D eigenvalue weighted by atomic mass is 10.0. The zero-order chi connectivity index (χ0) is 22.0. The maximum atomic E-state index is 14.1. The molecule has 1 aliphatic rings. The molecule has 0 bridgehead atoms. The van der Waals surface area contributed by atoms with Gasteiger partial charge in [-0.3, -0.25) is 9.36 Å². The minimum absolute atomic E-state index is 0.291. The summed E-state index contributed by atoms with van der Waals surface area (Å²) in [6, 6.07) is 15.1. The van der Waals surface area contributed by atoms with E-state index in [2.05, 4.69) is 4.99 Å². The van der Waals surface area contributed by atoms with Gasteiger partial charge in [0.05, 0.1) is 29.0 Å². The molecule has 7 heteroatoms. The summed E-state index contributed by atoms with van der Waals surface area (Å²) in [6.45, 7) is 1.71. The van der Waals surface area contributed by atoms with Gasteiger partial charge in [-0.05, 0) is 24.6 Å². The third-order valence-electron chi connectivity index (χ3n) is 4.93. The molecule has 0 spiro atoms. The van der Waals surface area contributed by atoms with E-state index in [1.165, 1.54) is 23.8 Å². The fourth-order valence-corrected chi connectivity index (χ4v) is 4.46. The van der Waals surface area contributed by atoms with E-state index in [1.807, 2.05) is 36.4 Å². The largest absolute Gasteiger partial charge is 0.466 e. The van der Waals surface area contributed by atoms with Crippen LogP contribution in [0.2, 0.25) is 0 Å². The second-order valence-corrected chi connectivity index (χ2v) is 7.92. The van der Waals surface area contributed by atoms with Crippen molar-refractivity contribution in [1.29, 1.82) is 0 Å². The molecule has 1 atom stereocenters. The molecule has 0 amide bonds. The van der Waals surface area contributed by atoms with E-state index < -0.39 is 17.8 Å². The lowest BCUT2D eigenvalue weighted by molar-refractivity contribution is -0.136. The number of carbonyl (C=O) groups excluding carboxylic acids is 1. The molecular formula is C24H19FN2O3S. The smallest absolute Gasteiger partial charge is 0.338 e.